The Morgan fingerprint density at radius 1 is 1.53 bits per heavy atom. The SMILES string of the molecule is CCC(O)(OC(=O)C(C)C)/C(C)=C/CO. The van der Waals surface area contributed by atoms with E-state index in [1.165, 1.54) is 6.08 Å². The van der Waals surface area contributed by atoms with Gasteiger partial charge in [-0.05, 0) is 12.5 Å². The molecule has 0 amide bonds. The van der Waals surface area contributed by atoms with Crippen LogP contribution in [0.15, 0.2) is 11.6 Å². The third-order valence-electron chi connectivity index (χ3n) is 2.23. The summed E-state index contributed by atoms with van der Waals surface area (Å²) in [5.41, 5.74) is 0.446. The molecule has 0 fully saturated rings. The number of ether oxygens (including phenoxy) is 1. The van der Waals surface area contributed by atoms with E-state index in [0.29, 0.717) is 5.57 Å². The summed E-state index contributed by atoms with van der Waals surface area (Å²) in [4.78, 5) is 11.4. The molecule has 0 radical (unpaired) electrons. The molecule has 15 heavy (non-hydrogen) atoms. The first kappa shape index (κ1) is 14.1. The third kappa shape index (κ3) is 4.01. The van der Waals surface area contributed by atoms with Crippen molar-refractivity contribution in [3.05, 3.63) is 11.6 Å². The van der Waals surface area contributed by atoms with Crippen LogP contribution in [-0.2, 0) is 9.53 Å². The number of rotatable bonds is 5. The van der Waals surface area contributed by atoms with Crippen molar-refractivity contribution in [2.45, 2.75) is 39.9 Å². The summed E-state index contributed by atoms with van der Waals surface area (Å²) in [5, 5.41) is 18.7. The van der Waals surface area contributed by atoms with E-state index in [4.69, 9.17) is 9.84 Å². The molecule has 0 aromatic heterocycles. The molecule has 1 unspecified atom stereocenters. The highest BCUT2D eigenvalue weighted by atomic mass is 16.7. The van der Waals surface area contributed by atoms with Gasteiger partial charge in [-0.25, -0.2) is 0 Å². The number of esters is 1. The highest BCUT2D eigenvalue weighted by molar-refractivity contribution is 5.72. The molecule has 88 valence electrons. The van der Waals surface area contributed by atoms with Crippen molar-refractivity contribution in [1.82, 2.24) is 0 Å². The van der Waals surface area contributed by atoms with Crippen LogP contribution < -0.4 is 0 Å². The molecular formula is C11H20O4. The molecule has 2 N–H and O–H groups in total. The van der Waals surface area contributed by atoms with Gasteiger partial charge in [0, 0.05) is 6.42 Å². The van der Waals surface area contributed by atoms with Gasteiger partial charge in [-0.2, -0.15) is 0 Å². The number of aliphatic hydroxyl groups excluding tert-OH is 1. The molecule has 0 saturated heterocycles. The minimum atomic E-state index is -1.59. The van der Waals surface area contributed by atoms with E-state index in [1.54, 1.807) is 27.7 Å². The minimum absolute atomic E-state index is 0.187. The zero-order valence-corrected chi connectivity index (χ0v) is 9.78. The first-order chi connectivity index (χ1) is 6.87. The monoisotopic (exact) mass is 216 g/mol. The Bertz CT molecular complexity index is 245. The van der Waals surface area contributed by atoms with E-state index in [2.05, 4.69) is 0 Å². The molecule has 4 heteroatoms. The van der Waals surface area contributed by atoms with Crippen molar-refractivity contribution in [1.29, 1.82) is 0 Å². The number of hydrogen-bond donors (Lipinski definition) is 2. The van der Waals surface area contributed by atoms with Crippen LogP contribution in [0.1, 0.15) is 34.1 Å². The van der Waals surface area contributed by atoms with Crippen LogP contribution in [-0.4, -0.2) is 28.6 Å². The van der Waals surface area contributed by atoms with Gasteiger partial charge in [0.1, 0.15) is 0 Å². The lowest BCUT2D eigenvalue weighted by Gasteiger charge is -2.28. The predicted octanol–water partition coefficient (Wildman–Crippen LogP) is 1.22. The van der Waals surface area contributed by atoms with Crippen molar-refractivity contribution in [3.63, 3.8) is 0 Å². The van der Waals surface area contributed by atoms with Crippen LogP contribution in [0.4, 0.5) is 0 Å². The highest BCUT2D eigenvalue weighted by Gasteiger charge is 2.32. The normalized spacial score (nSPS) is 16.3. The van der Waals surface area contributed by atoms with Crippen LogP contribution in [0.25, 0.3) is 0 Å². The maximum absolute atomic E-state index is 11.4. The summed E-state index contributed by atoms with van der Waals surface area (Å²) in [6.07, 6.45) is 1.69. The van der Waals surface area contributed by atoms with Crippen LogP contribution in [0.5, 0.6) is 0 Å². The van der Waals surface area contributed by atoms with Crippen LogP contribution in [0.2, 0.25) is 0 Å². The van der Waals surface area contributed by atoms with E-state index in [1.807, 2.05) is 0 Å². The minimum Gasteiger partial charge on any atom is -0.429 e. The molecular weight excluding hydrogens is 196 g/mol. The Morgan fingerprint density at radius 3 is 2.40 bits per heavy atom. The summed E-state index contributed by atoms with van der Waals surface area (Å²) in [6.45, 7) is 6.54. The molecule has 0 heterocycles. The van der Waals surface area contributed by atoms with Gasteiger partial charge in [-0.3, -0.25) is 4.79 Å². The average molecular weight is 216 g/mol. The van der Waals surface area contributed by atoms with Gasteiger partial charge in [0.05, 0.1) is 12.5 Å². The van der Waals surface area contributed by atoms with Gasteiger partial charge in [-0.15, -0.1) is 0 Å². The molecule has 0 aromatic carbocycles. The topological polar surface area (TPSA) is 66.8 Å². The lowest BCUT2D eigenvalue weighted by Crippen LogP contribution is -2.37. The fraction of sp³-hybridized carbons (Fsp3) is 0.727. The van der Waals surface area contributed by atoms with Gasteiger partial charge >= 0.3 is 5.97 Å². The van der Waals surface area contributed by atoms with Gasteiger partial charge < -0.3 is 14.9 Å². The van der Waals surface area contributed by atoms with Crippen LogP contribution >= 0.6 is 0 Å². The highest BCUT2D eigenvalue weighted by Crippen LogP contribution is 2.23. The van der Waals surface area contributed by atoms with E-state index in [9.17, 15) is 9.90 Å². The van der Waals surface area contributed by atoms with E-state index in [0.717, 1.165) is 0 Å². The smallest absolute Gasteiger partial charge is 0.311 e. The number of hydrogen-bond acceptors (Lipinski definition) is 4. The molecule has 0 aliphatic heterocycles. The third-order valence-corrected chi connectivity index (χ3v) is 2.23. The second-order valence-electron chi connectivity index (χ2n) is 3.78. The van der Waals surface area contributed by atoms with Gasteiger partial charge in [0.15, 0.2) is 0 Å². The summed E-state index contributed by atoms with van der Waals surface area (Å²) >= 11 is 0. The quantitative estimate of drug-likeness (QED) is 0.412. The van der Waals surface area contributed by atoms with Crippen molar-refractivity contribution in [2.24, 2.45) is 5.92 Å². The molecule has 0 aromatic rings. The fourth-order valence-electron chi connectivity index (χ4n) is 1.01. The Kier molecular flexibility index (Phi) is 5.54. The molecule has 0 aliphatic carbocycles. The first-order valence-electron chi connectivity index (χ1n) is 5.10. The summed E-state index contributed by atoms with van der Waals surface area (Å²) in [7, 11) is 0. The maximum Gasteiger partial charge on any atom is 0.311 e. The average Bonchev–Trinajstić information content (AvgIpc) is 2.17. The standard InChI is InChI=1S/C11H20O4/c1-5-11(14,9(4)6-7-12)15-10(13)8(2)3/h6,8,12,14H,5,7H2,1-4H3/b9-6+. The zero-order chi connectivity index (χ0) is 12.1. The van der Waals surface area contributed by atoms with Crippen molar-refractivity contribution < 1.29 is 19.7 Å². The van der Waals surface area contributed by atoms with Crippen molar-refractivity contribution in [3.8, 4) is 0 Å². The second kappa shape index (κ2) is 5.88. The maximum atomic E-state index is 11.4. The number of aliphatic hydroxyl groups is 2. The molecule has 0 saturated carbocycles. The van der Waals surface area contributed by atoms with Crippen molar-refractivity contribution >= 4 is 5.97 Å². The van der Waals surface area contributed by atoms with Crippen molar-refractivity contribution in [2.75, 3.05) is 6.61 Å². The van der Waals surface area contributed by atoms with Gasteiger partial charge in [0.2, 0.25) is 5.79 Å². The largest absolute Gasteiger partial charge is 0.429 e. The Morgan fingerprint density at radius 2 is 2.07 bits per heavy atom. The lowest BCUT2D eigenvalue weighted by atomic mass is 10.0. The number of carbonyl (C=O) groups excluding carboxylic acids is 1. The van der Waals surface area contributed by atoms with Gasteiger partial charge in [0.25, 0.3) is 0 Å². The Hall–Kier alpha value is -0.870. The first-order valence-corrected chi connectivity index (χ1v) is 5.10. The number of carbonyl (C=O) groups is 1. The zero-order valence-electron chi connectivity index (χ0n) is 9.78. The van der Waals surface area contributed by atoms with Crippen LogP contribution in [0.3, 0.4) is 0 Å². The summed E-state index contributed by atoms with van der Waals surface area (Å²) in [6, 6.07) is 0. The predicted molar refractivity (Wildman–Crippen MR) is 57.0 cm³/mol. The van der Waals surface area contributed by atoms with Crippen LogP contribution in [0, 0.1) is 5.92 Å². The summed E-state index contributed by atoms with van der Waals surface area (Å²) < 4.78 is 5.00. The molecule has 0 bridgehead atoms. The fourth-order valence-corrected chi connectivity index (χ4v) is 1.01. The lowest BCUT2D eigenvalue weighted by molar-refractivity contribution is -0.198. The molecule has 0 spiro atoms. The summed E-state index contributed by atoms with van der Waals surface area (Å²) in [5.74, 6) is -2.33. The Labute approximate surface area is 90.6 Å². The molecule has 1 atom stereocenters. The van der Waals surface area contributed by atoms with E-state index >= 15 is 0 Å². The van der Waals surface area contributed by atoms with E-state index < -0.39 is 11.8 Å². The second-order valence-corrected chi connectivity index (χ2v) is 3.78. The van der Waals surface area contributed by atoms with Gasteiger partial charge in [-0.1, -0.05) is 26.8 Å². The molecule has 4 nitrogen and oxygen atoms in total. The molecule has 0 aliphatic rings. The van der Waals surface area contributed by atoms with E-state index in [-0.39, 0.29) is 18.9 Å². The Balaban J connectivity index is 4.72. The molecule has 0 rings (SSSR count).